The van der Waals surface area contributed by atoms with Crippen LogP contribution in [-0.4, -0.2) is 14.1 Å². The predicted molar refractivity (Wildman–Crippen MR) is 170 cm³/mol. The van der Waals surface area contributed by atoms with E-state index in [9.17, 15) is 0 Å². The van der Waals surface area contributed by atoms with Crippen LogP contribution in [0.5, 0.6) is 0 Å². The smallest absolute Gasteiger partial charge is 0.207 e. The highest BCUT2D eigenvalue weighted by Gasteiger charge is 2.24. The largest absolute Gasteiger partial charge is 1.00 e. The quantitative estimate of drug-likeness (QED) is 0.223. The molecule has 0 bridgehead atoms. The summed E-state index contributed by atoms with van der Waals surface area (Å²) in [5.74, 6) is 0. The Kier molecular flexibility index (Phi) is 10.8. The molecule has 2 aliphatic rings. The summed E-state index contributed by atoms with van der Waals surface area (Å²) in [7, 11) is 4.31. The van der Waals surface area contributed by atoms with Gasteiger partial charge in [0.1, 0.15) is 0 Å². The van der Waals surface area contributed by atoms with Gasteiger partial charge in [-0.25, -0.2) is 0 Å². The van der Waals surface area contributed by atoms with Gasteiger partial charge in [0.05, 0.1) is 21.4 Å². The van der Waals surface area contributed by atoms with Crippen molar-refractivity contribution in [3.05, 3.63) is 117 Å². The highest BCUT2D eigenvalue weighted by molar-refractivity contribution is 8.04. The summed E-state index contributed by atoms with van der Waals surface area (Å²) in [5.41, 5.74) is 10.2. The number of fused-ring (bicyclic) bond motifs is 2. The van der Waals surface area contributed by atoms with Crippen LogP contribution in [0.4, 0.5) is 11.4 Å². The summed E-state index contributed by atoms with van der Waals surface area (Å²) in [5, 5.41) is 2.53. The maximum Gasteiger partial charge on any atom is 0.207 e. The zero-order valence-corrected chi connectivity index (χ0v) is 30.8. The average Bonchev–Trinajstić information content (AvgIpc) is 3.40. The van der Waals surface area contributed by atoms with E-state index in [2.05, 4.69) is 146 Å². The molecule has 0 saturated heterocycles. The zero-order valence-electron chi connectivity index (χ0n) is 24.9. The zero-order chi connectivity index (χ0) is 28.0. The van der Waals surface area contributed by atoms with Crippen LogP contribution in [0.2, 0.25) is 0 Å². The lowest BCUT2D eigenvalue weighted by molar-refractivity contribution is -0.788. The Morgan fingerprint density at radius 2 is 0.905 bits per heavy atom. The molecule has 4 heterocycles. The molecular formula is C34H36I2N4S2. The van der Waals surface area contributed by atoms with Crippen molar-refractivity contribution in [3.63, 3.8) is 0 Å². The number of pyridine rings is 2. The van der Waals surface area contributed by atoms with Crippen molar-refractivity contribution >= 4 is 47.1 Å². The van der Waals surface area contributed by atoms with Crippen LogP contribution >= 0.6 is 23.5 Å². The molecule has 2 aromatic heterocycles. The van der Waals surface area contributed by atoms with Gasteiger partial charge in [0.25, 0.3) is 0 Å². The summed E-state index contributed by atoms with van der Waals surface area (Å²) in [6.07, 6.45) is 4.62. The Bertz CT molecular complexity index is 1530. The fourth-order valence-electron chi connectivity index (χ4n) is 5.77. The van der Waals surface area contributed by atoms with E-state index in [-0.39, 0.29) is 48.0 Å². The topological polar surface area (TPSA) is 14.2 Å². The molecule has 2 aromatic carbocycles. The Morgan fingerprint density at radius 3 is 1.24 bits per heavy atom. The molecule has 42 heavy (non-hydrogen) atoms. The molecule has 0 amide bonds. The van der Waals surface area contributed by atoms with Crippen molar-refractivity contribution in [1.82, 2.24) is 0 Å². The number of para-hydroxylation sites is 2. The second-order valence-electron chi connectivity index (χ2n) is 10.7. The summed E-state index contributed by atoms with van der Waals surface area (Å²) >= 11 is 3.68. The average molecular weight is 819 g/mol. The number of rotatable bonds is 5. The monoisotopic (exact) mass is 818 g/mol. The van der Waals surface area contributed by atoms with Crippen LogP contribution in [0.3, 0.4) is 0 Å². The number of aryl methyl sites for hydroxylation is 4. The molecule has 8 heteroatoms. The standard InChI is InChI=1S/C34H36N4S2.2HI/c1-23-17-27(21-33-35(5)29-11-7-9-13-31(29)39-33)18-24(2)37(23)15-16-38-25(3)19-28(20-26(38)4)22-34-36(6)30-12-8-10-14-32(30)40-34;;/h7-14,17-22H,15-16H2,1-6H3;2*1H/q+2;;/p-2. The van der Waals surface area contributed by atoms with Gasteiger partial charge < -0.3 is 57.8 Å². The van der Waals surface area contributed by atoms with Crippen molar-refractivity contribution in [1.29, 1.82) is 0 Å². The minimum Gasteiger partial charge on any atom is -1.00 e. The first kappa shape index (κ1) is 32.9. The molecule has 0 unspecified atom stereocenters. The lowest BCUT2D eigenvalue weighted by Gasteiger charge is -2.14. The normalized spacial score (nSPS) is 15.5. The SMILES string of the molecule is Cc1cc(/C=C2\Sc3ccccc3N2C)cc(C)[n+]1CC[n+]1c(C)cc(/C=C2\Sc3ccccc3N2C)cc1C.[I-].[I-]. The van der Waals surface area contributed by atoms with E-state index in [1.807, 2.05) is 23.5 Å². The third-order valence-electron chi connectivity index (χ3n) is 7.88. The molecule has 218 valence electrons. The highest BCUT2D eigenvalue weighted by atomic mass is 127. The third-order valence-corrected chi connectivity index (χ3v) is 10.2. The van der Waals surface area contributed by atoms with Crippen LogP contribution in [0, 0.1) is 27.7 Å². The molecule has 4 nitrogen and oxygen atoms in total. The van der Waals surface area contributed by atoms with E-state index in [4.69, 9.17) is 0 Å². The number of nitrogens with zero attached hydrogens (tertiary/aromatic N) is 4. The van der Waals surface area contributed by atoms with E-state index >= 15 is 0 Å². The first-order valence-electron chi connectivity index (χ1n) is 13.8. The Balaban J connectivity index is 0.00000202. The van der Waals surface area contributed by atoms with Gasteiger partial charge in [-0.15, -0.1) is 0 Å². The Hall–Kier alpha value is -2.02. The molecule has 0 fully saturated rings. The predicted octanol–water partition coefficient (Wildman–Crippen LogP) is 1.28. The molecular weight excluding hydrogens is 782 g/mol. The summed E-state index contributed by atoms with van der Waals surface area (Å²) < 4.78 is 4.87. The lowest BCUT2D eigenvalue weighted by atomic mass is 10.1. The number of hydrogen-bond donors (Lipinski definition) is 0. The van der Waals surface area contributed by atoms with Gasteiger partial charge in [-0.05, 0) is 47.5 Å². The van der Waals surface area contributed by atoms with Crippen LogP contribution in [0.1, 0.15) is 33.9 Å². The minimum atomic E-state index is 0. The second-order valence-corrected chi connectivity index (χ2v) is 12.8. The number of anilines is 2. The second kappa shape index (κ2) is 13.7. The van der Waals surface area contributed by atoms with E-state index in [1.165, 1.54) is 65.1 Å². The van der Waals surface area contributed by atoms with E-state index in [1.54, 1.807) is 0 Å². The summed E-state index contributed by atoms with van der Waals surface area (Å²) in [6.45, 7) is 10.8. The van der Waals surface area contributed by atoms with Gasteiger partial charge in [-0.3, -0.25) is 0 Å². The summed E-state index contributed by atoms with van der Waals surface area (Å²) in [4.78, 5) is 7.21. The maximum absolute atomic E-state index is 2.44. The van der Waals surface area contributed by atoms with Crippen LogP contribution in [0.25, 0.3) is 12.2 Å². The highest BCUT2D eigenvalue weighted by Crippen LogP contribution is 2.46. The molecule has 2 aliphatic heterocycles. The van der Waals surface area contributed by atoms with Gasteiger partial charge in [0, 0.05) is 75.8 Å². The first-order chi connectivity index (χ1) is 19.3. The number of benzene rings is 2. The van der Waals surface area contributed by atoms with Crippen molar-refractivity contribution in [3.8, 4) is 0 Å². The van der Waals surface area contributed by atoms with Gasteiger partial charge in [0.15, 0.2) is 22.8 Å². The molecule has 0 radical (unpaired) electrons. The van der Waals surface area contributed by atoms with E-state index in [0.717, 1.165) is 13.1 Å². The summed E-state index contributed by atoms with van der Waals surface area (Å²) in [6, 6.07) is 26.5. The molecule has 0 saturated carbocycles. The van der Waals surface area contributed by atoms with Crippen molar-refractivity contribution in [2.75, 3.05) is 23.9 Å². The Morgan fingerprint density at radius 1 is 0.571 bits per heavy atom. The lowest BCUT2D eigenvalue weighted by Crippen LogP contribution is -3.00. The maximum atomic E-state index is 2.44. The van der Waals surface area contributed by atoms with Crippen molar-refractivity contribution in [2.45, 2.75) is 50.6 Å². The fourth-order valence-corrected chi connectivity index (χ4v) is 7.99. The molecule has 6 rings (SSSR count). The molecule has 0 N–H and O–H groups in total. The van der Waals surface area contributed by atoms with Gasteiger partial charge in [-0.1, -0.05) is 47.8 Å². The number of halogens is 2. The van der Waals surface area contributed by atoms with Gasteiger partial charge in [0.2, 0.25) is 13.1 Å². The van der Waals surface area contributed by atoms with Crippen LogP contribution in [0.15, 0.2) is 92.6 Å². The molecule has 0 spiro atoms. The number of thioether (sulfide) groups is 2. The number of aromatic nitrogens is 2. The number of hydrogen-bond acceptors (Lipinski definition) is 4. The van der Waals surface area contributed by atoms with Crippen molar-refractivity contribution in [2.24, 2.45) is 0 Å². The van der Waals surface area contributed by atoms with Gasteiger partial charge in [-0.2, -0.15) is 9.13 Å². The van der Waals surface area contributed by atoms with Crippen molar-refractivity contribution < 1.29 is 57.1 Å². The third kappa shape index (κ3) is 6.56. The molecule has 4 aromatic rings. The minimum absolute atomic E-state index is 0. The molecule has 0 aliphatic carbocycles. The Labute approximate surface area is 293 Å². The van der Waals surface area contributed by atoms with Crippen LogP contribution < -0.4 is 66.9 Å². The van der Waals surface area contributed by atoms with Gasteiger partial charge >= 0.3 is 0 Å². The molecule has 0 atom stereocenters. The van der Waals surface area contributed by atoms with Crippen LogP contribution in [-0.2, 0) is 13.1 Å². The first-order valence-corrected chi connectivity index (χ1v) is 15.4. The van der Waals surface area contributed by atoms with E-state index in [0.29, 0.717) is 0 Å². The fraction of sp³-hybridized carbons (Fsp3) is 0.235. The van der Waals surface area contributed by atoms with E-state index < -0.39 is 0 Å².